The van der Waals surface area contributed by atoms with E-state index in [9.17, 15) is 4.79 Å². The fraction of sp³-hybridized carbons (Fsp3) is 0.259. The van der Waals surface area contributed by atoms with Gasteiger partial charge in [0.25, 0.3) is 5.91 Å². The minimum absolute atomic E-state index is 0.195. The van der Waals surface area contributed by atoms with Crippen LogP contribution in [0.15, 0.2) is 77.3 Å². The van der Waals surface area contributed by atoms with E-state index in [-0.39, 0.29) is 11.0 Å². The van der Waals surface area contributed by atoms with Crippen molar-refractivity contribution in [1.82, 2.24) is 5.32 Å². The zero-order valence-corrected chi connectivity index (χ0v) is 21.7. The van der Waals surface area contributed by atoms with Gasteiger partial charge in [-0.1, -0.05) is 66.2 Å². The number of ether oxygens (including phenoxy) is 2. The first-order valence-corrected chi connectivity index (χ1v) is 12.4. The van der Waals surface area contributed by atoms with Crippen molar-refractivity contribution >= 4 is 44.9 Å². The summed E-state index contributed by atoms with van der Waals surface area (Å²) < 4.78 is 12.5. The Morgan fingerprint density at radius 1 is 1.00 bits per heavy atom. The van der Waals surface area contributed by atoms with E-state index in [0.29, 0.717) is 30.4 Å². The van der Waals surface area contributed by atoms with Crippen LogP contribution >= 0.6 is 28.1 Å². The smallest absolute Gasteiger partial charge is 0.261 e. The lowest BCUT2D eigenvalue weighted by atomic mass is 10.1. The third-order valence-corrected chi connectivity index (χ3v) is 5.50. The highest BCUT2D eigenvalue weighted by Crippen LogP contribution is 2.24. The van der Waals surface area contributed by atoms with E-state index in [2.05, 4.69) is 52.5 Å². The van der Waals surface area contributed by atoms with Crippen LogP contribution in [0.3, 0.4) is 0 Å². The number of halogens is 1. The third kappa shape index (κ3) is 8.47. The maximum atomic E-state index is 12.9. The second-order valence-electron chi connectivity index (χ2n) is 8.22. The summed E-state index contributed by atoms with van der Waals surface area (Å²) in [7, 11) is 0. The van der Waals surface area contributed by atoms with E-state index in [1.165, 1.54) is 5.56 Å². The zero-order chi connectivity index (χ0) is 24.3. The van der Waals surface area contributed by atoms with Crippen molar-refractivity contribution in [3.63, 3.8) is 0 Å². The molecule has 0 aliphatic heterocycles. The van der Waals surface area contributed by atoms with Crippen LogP contribution in [0.25, 0.3) is 0 Å². The van der Waals surface area contributed by atoms with Crippen molar-refractivity contribution in [3.05, 3.63) is 88.4 Å². The summed E-state index contributed by atoms with van der Waals surface area (Å²) in [6.07, 6.45) is 1.89. The lowest BCUT2D eigenvalue weighted by Crippen LogP contribution is -2.34. The second-order valence-corrected chi connectivity index (χ2v) is 9.54. The fourth-order valence-corrected chi connectivity index (χ4v) is 3.74. The van der Waals surface area contributed by atoms with E-state index in [1.54, 1.807) is 12.1 Å². The molecule has 0 saturated carbocycles. The quantitative estimate of drug-likeness (QED) is 0.223. The molecule has 0 aliphatic rings. The number of nitrogens with one attached hydrogen (secondary N) is 2. The van der Waals surface area contributed by atoms with Gasteiger partial charge in [-0.2, -0.15) is 0 Å². The minimum atomic E-state index is -0.342. The number of aryl methyl sites for hydroxylation is 1. The molecule has 5 nitrogen and oxygen atoms in total. The first kappa shape index (κ1) is 25.7. The molecule has 0 saturated heterocycles. The number of rotatable bonds is 10. The maximum absolute atomic E-state index is 12.9. The van der Waals surface area contributed by atoms with Gasteiger partial charge in [-0.3, -0.25) is 10.1 Å². The summed E-state index contributed by atoms with van der Waals surface area (Å²) in [4.78, 5) is 12.9. The molecular weight excluding hydrogens is 512 g/mol. The molecule has 0 fully saturated rings. The molecule has 0 aliphatic carbocycles. The fourth-order valence-electron chi connectivity index (χ4n) is 3.17. The van der Waals surface area contributed by atoms with Gasteiger partial charge in [0, 0.05) is 16.2 Å². The van der Waals surface area contributed by atoms with E-state index < -0.39 is 0 Å². The van der Waals surface area contributed by atoms with Crippen molar-refractivity contribution in [1.29, 1.82) is 0 Å². The molecule has 3 rings (SSSR count). The summed E-state index contributed by atoms with van der Waals surface area (Å²) in [5.41, 5.74) is 2.44. The Morgan fingerprint density at radius 2 is 1.79 bits per heavy atom. The minimum Gasteiger partial charge on any atom is -0.494 e. The molecule has 0 bridgehead atoms. The summed E-state index contributed by atoms with van der Waals surface area (Å²) in [6, 6.07) is 23.2. The van der Waals surface area contributed by atoms with Crippen LogP contribution in [-0.2, 0) is 6.42 Å². The molecule has 0 atom stereocenters. The van der Waals surface area contributed by atoms with Crippen LogP contribution in [0.4, 0.5) is 5.69 Å². The molecule has 0 radical (unpaired) electrons. The molecule has 178 valence electrons. The summed E-state index contributed by atoms with van der Waals surface area (Å²) in [6.45, 7) is 5.24. The van der Waals surface area contributed by atoms with Crippen molar-refractivity contribution in [2.75, 3.05) is 18.5 Å². The summed E-state index contributed by atoms with van der Waals surface area (Å²) in [5, 5.41) is 5.98. The number of anilines is 1. The second kappa shape index (κ2) is 13.1. The number of hydrogen-bond acceptors (Lipinski definition) is 4. The van der Waals surface area contributed by atoms with E-state index in [4.69, 9.17) is 21.7 Å². The van der Waals surface area contributed by atoms with Crippen LogP contribution in [0.1, 0.15) is 36.2 Å². The lowest BCUT2D eigenvalue weighted by Gasteiger charge is -2.15. The van der Waals surface area contributed by atoms with Gasteiger partial charge >= 0.3 is 0 Å². The topological polar surface area (TPSA) is 59.6 Å². The van der Waals surface area contributed by atoms with Crippen LogP contribution < -0.4 is 20.1 Å². The van der Waals surface area contributed by atoms with E-state index in [0.717, 1.165) is 28.8 Å². The Kier molecular flexibility index (Phi) is 9.91. The highest BCUT2D eigenvalue weighted by Gasteiger charge is 2.15. The van der Waals surface area contributed by atoms with Gasteiger partial charge in [-0.05, 0) is 66.9 Å². The molecule has 3 aromatic carbocycles. The first-order valence-electron chi connectivity index (χ1n) is 11.2. The highest BCUT2D eigenvalue weighted by atomic mass is 79.9. The molecule has 0 spiro atoms. The molecule has 34 heavy (non-hydrogen) atoms. The molecule has 0 unspecified atom stereocenters. The van der Waals surface area contributed by atoms with Gasteiger partial charge in [-0.15, -0.1) is 0 Å². The summed E-state index contributed by atoms with van der Waals surface area (Å²) in [5.74, 6) is 1.26. The Morgan fingerprint density at radius 3 is 2.56 bits per heavy atom. The predicted molar refractivity (Wildman–Crippen MR) is 145 cm³/mol. The van der Waals surface area contributed by atoms with Crippen molar-refractivity contribution < 1.29 is 14.3 Å². The standard InChI is InChI=1S/C27H29BrN2O3S/c1-19(2)18-33-25-14-13-21(28)16-24(25)26(31)30-27(34)29-22-11-6-12-23(17-22)32-15-7-10-20-8-4-3-5-9-20/h3-6,8-9,11-14,16-17,19H,7,10,15,18H2,1-2H3,(H2,29,30,31,34). The number of hydrogen-bond donors (Lipinski definition) is 2. The normalized spacial score (nSPS) is 10.6. The Balaban J connectivity index is 1.53. The zero-order valence-electron chi connectivity index (χ0n) is 19.3. The van der Waals surface area contributed by atoms with Crippen molar-refractivity contribution in [3.8, 4) is 11.5 Å². The van der Waals surface area contributed by atoms with Crippen LogP contribution in [-0.4, -0.2) is 24.2 Å². The monoisotopic (exact) mass is 540 g/mol. The average molecular weight is 542 g/mol. The number of amides is 1. The number of benzene rings is 3. The number of carbonyl (C=O) groups is 1. The number of thiocarbonyl (C=S) groups is 1. The maximum Gasteiger partial charge on any atom is 0.261 e. The van der Waals surface area contributed by atoms with Crippen LogP contribution in [0.5, 0.6) is 11.5 Å². The SMILES string of the molecule is CC(C)COc1ccc(Br)cc1C(=O)NC(=S)Nc1cccc(OCCCc2ccccc2)c1. The molecule has 0 aromatic heterocycles. The van der Waals surface area contributed by atoms with E-state index in [1.807, 2.05) is 48.5 Å². The van der Waals surface area contributed by atoms with Gasteiger partial charge in [0.1, 0.15) is 11.5 Å². The van der Waals surface area contributed by atoms with Gasteiger partial charge < -0.3 is 14.8 Å². The van der Waals surface area contributed by atoms with Crippen LogP contribution in [0.2, 0.25) is 0 Å². The Labute approximate surface area is 215 Å². The van der Waals surface area contributed by atoms with Crippen molar-refractivity contribution in [2.45, 2.75) is 26.7 Å². The van der Waals surface area contributed by atoms with Gasteiger partial charge in [0.15, 0.2) is 5.11 Å². The molecule has 1 amide bonds. The van der Waals surface area contributed by atoms with Crippen LogP contribution in [0, 0.1) is 5.92 Å². The van der Waals surface area contributed by atoms with Crippen molar-refractivity contribution in [2.24, 2.45) is 5.92 Å². The molecule has 2 N–H and O–H groups in total. The lowest BCUT2D eigenvalue weighted by molar-refractivity contribution is 0.0973. The Hall–Kier alpha value is -2.90. The van der Waals surface area contributed by atoms with E-state index >= 15 is 0 Å². The molecular formula is C27H29BrN2O3S. The van der Waals surface area contributed by atoms with Gasteiger partial charge in [-0.25, -0.2) is 0 Å². The Bertz CT molecular complexity index is 1110. The van der Waals surface area contributed by atoms with Gasteiger partial charge in [0.05, 0.1) is 18.8 Å². The predicted octanol–water partition coefficient (Wildman–Crippen LogP) is 6.62. The third-order valence-electron chi connectivity index (χ3n) is 4.80. The summed E-state index contributed by atoms with van der Waals surface area (Å²) >= 11 is 8.78. The highest BCUT2D eigenvalue weighted by molar-refractivity contribution is 9.10. The largest absolute Gasteiger partial charge is 0.494 e. The molecule has 3 aromatic rings. The van der Waals surface area contributed by atoms with Gasteiger partial charge in [0.2, 0.25) is 0 Å². The number of carbonyl (C=O) groups excluding carboxylic acids is 1. The molecule has 0 heterocycles. The first-order chi connectivity index (χ1) is 16.4. The molecule has 7 heteroatoms. The average Bonchev–Trinajstić information content (AvgIpc) is 2.81.